The van der Waals surface area contributed by atoms with Crippen LogP contribution in [0.2, 0.25) is 0 Å². The van der Waals surface area contributed by atoms with Crippen molar-refractivity contribution in [2.24, 2.45) is 0 Å². The molecule has 2 aromatic carbocycles. The van der Waals surface area contributed by atoms with Gasteiger partial charge in [-0.15, -0.1) is 0 Å². The molecule has 0 saturated carbocycles. The standard InChI is InChI=1S/C14H13O/c15-11-14-9-5-4-8-13(14)10-12-6-2-1-3-7-12/h1-9H,10-11H2. The van der Waals surface area contributed by atoms with Crippen molar-refractivity contribution in [2.45, 2.75) is 13.0 Å². The van der Waals surface area contributed by atoms with Gasteiger partial charge in [0.2, 0.25) is 0 Å². The van der Waals surface area contributed by atoms with E-state index in [4.69, 9.17) is 0 Å². The zero-order valence-corrected chi connectivity index (χ0v) is 8.52. The van der Waals surface area contributed by atoms with Crippen LogP contribution in [-0.4, -0.2) is 0 Å². The summed E-state index contributed by atoms with van der Waals surface area (Å²) in [6.45, 7) is -0.136. The van der Waals surface area contributed by atoms with Gasteiger partial charge < -0.3 is 0 Å². The van der Waals surface area contributed by atoms with Crippen LogP contribution in [0.1, 0.15) is 16.7 Å². The Morgan fingerprint density at radius 1 is 0.733 bits per heavy atom. The molecule has 2 rings (SSSR count). The maximum Gasteiger partial charge on any atom is 0.108 e. The highest BCUT2D eigenvalue weighted by atomic mass is 16.3. The van der Waals surface area contributed by atoms with E-state index in [1.54, 1.807) is 0 Å². The van der Waals surface area contributed by atoms with Gasteiger partial charge in [0.05, 0.1) is 0 Å². The van der Waals surface area contributed by atoms with E-state index < -0.39 is 0 Å². The van der Waals surface area contributed by atoms with Crippen molar-refractivity contribution in [3.63, 3.8) is 0 Å². The van der Waals surface area contributed by atoms with Crippen LogP contribution in [0.15, 0.2) is 54.6 Å². The zero-order chi connectivity index (χ0) is 10.5. The molecule has 0 unspecified atom stereocenters. The van der Waals surface area contributed by atoms with Gasteiger partial charge in [-0.2, -0.15) is 0 Å². The fourth-order valence-corrected chi connectivity index (χ4v) is 1.69. The fourth-order valence-electron chi connectivity index (χ4n) is 1.69. The molecule has 0 spiro atoms. The van der Waals surface area contributed by atoms with E-state index in [0.29, 0.717) is 0 Å². The minimum absolute atomic E-state index is 0.136. The Labute approximate surface area is 90.0 Å². The quantitative estimate of drug-likeness (QED) is 0.720. The minimum Gasteiger partial charge on any atom is -0.232 e. The third-order valence-corrected chi connectivity index (χ3v) is 2.51. The van der Waals surface area contributed by atoms with Crippen LogP contribution in [0.3, 0.4) is 0 Å². The Hall–Kier alpha value is -1.60. The molecule has 75 valence electrons. The second-order valence-electron chi connectivity index (χ2n) is 3.58. The van der Waals surface area contributed by atoms with Gasteiger partial charge in [-0.3, -0.25) is 0 Å². The molecule has 0 aliphatic heterocycles. The van der Waals surface area contributed by atoms with Crippen molar-refractivity contribution in [2.75, 3.05) is 0 Å². The minimum atomic E-state index is -0.136. The molecule has 0 N–H and O–H groups in total. The van der Waals surface area contributed by atoms with Crippen molar-refractivity contribution >= 4 is 0 Å². The third-order valence-electron chi connectivity index (χ3n) is 2.51. The fraction of sp³-hybridized carbons (Fsp3) is 0.143. The summed E-state index contributed by atoms with van der Waals surface area (Å²) in [5.74, 6) is 0. The molecule has 0 amide bonds. The summed E-state index contributed by atoms with van der Waals surface area (Å²) in [5.41, 5.74) is 3.29. The van der Waals surface area contributed by atoms with E-state index in [2.05, 4.69) is 12.1 Å². The number of benzene rings is 2. The van der Waals surface area contributed by atoms with E-state index in [-0.39, 0.29) is 6.61 Å². The highest BCUT2D eigenvalue weighted by Gasteiger charge is 2.01. The van der Waals surface area contributed by atoms with Crippen LogP contribution in [0.25, 0.3) is 0 Å². The van der Waals surface area contributed by atoms with Gasteiger partial charge >= 0.3 is 0 Å². The molecule has 0 saturated heterocycles. The average molecular weight is 197 g/mol. The lowest BCUT2D eigenvalue weighted by atomic mass is 10.0. The highest BCUT2D eigenvalue weighted by molar-refractivity contribution is 5.32. The lowest BCUT2D eigenvalue weighted by Crippen LogP contribution is -1.94. The van der Waals surface area contributed by atoms with Gasteiger partial charge in [0.1, 0.15) is 6.61 Å². The Morgan fingerprint density at radius 2 is 1.33 bits per heavy atom. The summed E-state index contributed by atoms with van der Waals surface area (Å²) in [6.07, 6.45) is 0.846. The zero-order valence-electron chi connectivity index (χ0n) is 8.52. The smallest absolute Gasteiger partial charge is 0.108 e. The third kappa shape index (κ3) is 2.45. The van der Waals surface area contributed by atoms with Crippen LogP contribution < -0.4 is 0 Å². The molecule has 0 heterocycles. The molecule has 1 radical (unpaired) electrons. The summed E-state index contributed by atoms with van der Waals surface area (Å²) in [4.78, 5) is 0. The molecule has 0 bridgehead atoms. The number of hydrogen-bond donors (Lipinski definition) is 0. The average Bonchev–Trinajstić information content (AvgIpc) is 2.31. The first-order chi connectivity index (χ1) is 7.40. The molecule has 1 nitrogen and oxygen atoms in total. The van der Waals surface area contributed by atoms with Gasteiger partial charge in [-0.1, -0.05) is 54.6 Å². The maximum absolute atomic E-state index is 10.9. The van der Waals surface area contributed by atoms with Crippen LogP contribution in [-0.2, 0) is 18.1 Å². The molecule has 1 heteroatoms. The van der Waals surface area contributed by atoms with E-state index in [1.165, 1.54) is 5.56 Å². The van der Waals surface area contributed by atoms with Gasteiger partial charge in [0, 0.05) is 0 Å². The Kier molecular flexibility index (Phi) is 3.15. The van der Waals surface area contributed by atoms with Gasteiger partial charge in [-0.25, -0.2) is 5.11 Å². The summed E-state index contributed by atoms with van der Waals surface area (Å²) in [6, 6.07) is 18.1. The molecule has 0 aliphatic carbocycles. The monoisotopic (exact) mass is 197 g/mol. The maximum atomic E-state index is 10.9. The van der Waals surface area contributed by atoms with Gasteiger partial charge in [0.15, 0.2) is 0 Å². The van der Waals surface area contributed by atoms with Crippen LogP contribution in [0.4, 0.5) is 0 Å². The highest BCUT2D eigenvalue weighted by Crippen LogP contribution is 2.14. The Bertz CT molecular complexity index is 420. The van der Waals surface area contributed by atoms with Crippen molar-refractivity contribution in [1.29, 1.82) is 0 Å². The summed E-state index contributed by atoms with van der Waals surface area (Å²) in [5, 5.41) is 10.9. The summed E-state index contributed by atoms with van der Waals surface area (Å²) >= 11 is 0. The molecule has 0 fully saturated rings. The summed E-state index contributed by atoms with van der Waals surface area (Å²) in [7, 11) is 0. The van der Waals surface area contributed by atoms with Crippen molar-refractivity contribution in [3.8, 4) is 0 Å². The molecule has 2 aromatic rings. The first-order valence-electron chi connectivity index (χ1n) is 5.09. The van der Waals surface area contributed by atoms with Crippen LogP contribution >= 0.6 is 0 Å². The largest absolute Gasteiger partial charge is 0.232 e. The van der Waals surface area contributed by atoms with Crippen molar-refractivity contribution in [3.05, 3.63) is 71.3 Å². The lowest BCUT2D eigenvalue weighted by molar-refractivity contribution is 0.177. The molecular weight excluding hydrogens is 184 g/mol. The van der Waals surface area contributed by atoms with Crippen LogP contribution in [0.5, 0.6) is 0 Å². The van der Waals surface area contributed by atoms with E-state index in [0.717, 1.165) is 17.5 Å². The molecule has 0 atom stereocenters. The predicted octanol–water partition coefficient (Wildman–Crippen LogP) is 3.21. The van der Waals surface area contributed by atoms with Crippen LogP contribution in [0, 0.1) is 0 Å². The first kappa shape index (κ1) is 9.94. The molecule has 0 aliphatic rings. The topological polar surface area (TPSA) is 19.9 Å². The SMILES string of the molecule is [O]Cc1ccccc1Cc1ccccc1. The van der Waals surface area contributed by atoms with E-state index in [1.807, 2.05) is 42.5 Å². The second-order valence-corrected chi connectivity index (χ2v) is 3.58. The van der Waals surface area contributed by atoms with E-state index in [9.17, 15) is 5.11 Å². The predicted molar refractivity (Wildman–Crippen MR) is 60.1 cm³/mol. The normalized spacial score (nSPS) is 10.2. The van der Waals surface area contributed by atoms with Gasteiger partial charge in [-0.05, 0) is 23.1 Å². The van der Waals surface area contributed by atoms with E-state index >= 15 is 0 Å². The molecule has 15 heavy (non-hydrogen) atoms. The Morgan fingerprint density at radius 3 is 2.00 bits per heavy atom. The number of rotatable bonds is 3. The van der Waals surface area contributed by atoms with Gasteiger partial charge in [0.25, 0.3) is 0 Å². The molecule has 0 aromatic heterocycles. The second kappa shape index (κ2) is 4.76. The first-order valence-corrected chi connectivity index (χ1v) is 5.09. The summed E-state index contributed by atoms with van der Waals surface area (Å²) < 4.78 is 0. The lowest BCUT2D eigenvalue weighted by Gasteiger charge is -2.06. The Balaban J connectivity index is 2.24. The number of hydrogen-bond acceptors (Lipinski definition) is 0. The molecular formula is C14H13O. The van der Waals surface area contributed by atoms with Crippen molar-refractivity contribution < 1.29 is 5.11 Å². The van der Waals surface area contributed by atoms with Crippen molar-refractivity contribution in [1.82, 2.24) is 0 Å².